The van der Waals surface area contributed by atoms with Crippen molar-refractivity contribution in [2.45, 2.75) is 32.4 Å². The zero-order valence-electron chi connectivity index (χ0n) is 8.44. The van der Waals surface area contributed by atoms with Gasteiger partial charge >= 0.3 is 0 Å². The van der Waals surface area contributed by atoms with Crippen LogP contribution in [-0.2, 0) is 6.54 Å². The molecule has 3 nitrogen and oxygen atoms in total. The highest BCUT2D eigenvalue weighted by molar-refractivity contribution is 7.09. The van der Waals surface area contributed by atoms with Crippen molar-refractivity contribution in [2.75, 3.05) is 13.2 Å². The van der Waals surface area contributed by atoms with Crippen LogP contribution in [0.4, 0.5) is 0 Å². The normalized spacial score (nSPS) is 23.1. The fourth-order valence-electron chi connectivity index (χ4n) is 1.97. The van der Waals surface area contributed by atoms with Gasteiger partial charge in [-0.15, -0.1) is 11.3 Å². The van der Waals surface area contributed by atoms with Gasteiger partial charge in [0.25, 0.3) is 0 Å². The van der Waals surface area contributed by atoms with Crippen LogP contribution < -0.4 is 0 Å². The third-order valence-electron chi connectivity index (χ3n) is 2.90. The van der Waals surface area contributed by atoms with E-state index in [1.54, 1.807) is 11.3 Å². The number of hydrogen-bond acceptors (Lipinski definition) is 4. The van der Waals surface area contributed by atoms with Crippen LogP contribution in [0.15, 0.2) is 5.51 Å². The van der Waals surface area contributed by atoms with E-state index in [0.29, 0.717) is 6.04 Å². The molecule has 78 valence electrons. The lowest BCUT2D eigenvalue weighted by atomic mass is 10.2. The van der Waals surface area contributed by atoms with Gasteiger partial charge in [0, 0.05) is 17.5 Å². The van der Waals surface area contributed by atoms with Crippen molar-refractivity contribution < 1.29 is 5.11 Å². The molecule has 2 rings (SSSR count). The fourth-order valence-corrected chi connectivity index (χ4v) is 2.77. The van der Waals surface area contributed by atoms with E-state index in [-0.39, 0.29) is 6.61 Å². The van der Waals surface area contributed by atoms with E-state index in [0.717, 1.165) is 25.2 Å². The fraction of sp³-hybridized carbons (Fsp3) is 0.700. The van der Waals surface area contributed by atoms with E-state index in [1.165, 1.54) is 11.3 Å². The Morgan fingerprint density at radius 1 is 1.71 bits per heavy atom. The minimum absolute atomic E-state index is 0.290. The van der Waals surface area contributed by atoms with Crippen LogP contribution in [0.1, 0.15) is 23.4 Å². The lowest BCUT2D eigenvalue weighted by Gasteiger charge is -2.21. The van der Waals surface area contributed by atoms with Gasteiger partial charge in [-0.25, -0.2) is 4.98 Å². The summed E-state index contributed by atoms with van der Waals surface area (Å²) in [6.45, 7) is 4.41. The number of hydrogen-bond donors (Lipinski definition) is 1. The molecule has 1 atom stereocenters. The van der Waals surface area contributed by atoms with Crippen molar-refractivity contribution in [3.8, 4) is 0 Å². The number of likely N-dealkylation sites (tertiary alicyclic amines) is 1. The first kappa shape index (κ1) is 10.1. The monoisotopic (exact) mass is 212 g/mol. The van der Waals surface area contributed by atoms with Gasteiger partial charge in [0.15, 0.2) is 0 Å². The zero-order valence-corrected chi connectivity index (χ0v) is 9.26. The first-order valence-corrected chi connectivity index (χ1v) is 5.93. The summed E-state index contributed by atoms with van der Waals surface area (Å²) < 4.78 is 0. The summed E-state index contributed by atoms with van der Waals surface area (Å²) in [5.41, 5.74) is 3.04. The Kier molecular flexibility index (Phi) is 3.15. The molecule has 1 saturated heterocycles. The summed E-state index contributed by atoms with van der Waals surface area (Å²) in [4.78, 5) is 7.94. The lowest BCUT2D eigenvalue weighted by molar-refractivity contribution is 0.154. The van der Waals surface area contributed by atoms with Crippen LogP contribution in [0, 0.1) is 6.92 Å². The molecule has 0 spiro atoms. The van der Waals surface area contributed by atoms with Crippen LogP contribution >= 0.6 is 11.3 Å². The summed E-state index contributed by atoms with van der Waals surface area (Å²) in [6, 6.07) is 0.372. The van der Waals surface area contributed by atoms with E-state index >= 15 is 0 Å². The van der Waals surface area contributed by atoms with Gasteiger partial charge in [0.05, 0.1) is 17.8 Å². The Hall–Kier alpha value is -0.450. The van der Waals surface area contributed by atoms with Gasteiger partial charge in [0.1, 0.15) is 0 Å². The molecule has 2 heterocycles. The Labute approximate surface area is 88.4 Å². The molecule has 1 fully saturated rings. The maximum Gasteiger partial charge on any atom is 0.0798 e. The molecular formula is C10H16N2OS. The quantitative estimate of drug-likeness (QED) is 0.823. The van der Waals surface area contributed by atoms with Crippen molar-refractivity contribution >= 4 is 11.3 Å². The molecule has 0 aromatic carbocycles. The molecule has 4 heteroatoms. The number of aryl methyl sites for hydroxylation is 1. The first-order chi connectivity index (χ1) is 6.81. The van der Waals surface area contributed by atoms with E-state index in [4.69, 9.17) is 0 Å². The zero-order chi connectivity index (χ0) is 9.97. The molecular weight excluding hydrogens is 196 g/mol. The number of nitrogens with zero attached hydrogens (tertiary/aromatic N) is 2. The Bertz CT molecular complexity index is 300. The van der Waals surface area contributed by atoms with Gasteiger partial charge in [-0.1, -0.05) is 0 Å². The molecule has 1 aromatic rings. The topological polar surface area (TPSA) is 36.4 Å². The molecule has 0 amide bonds. The van der Waals surface area contributed by atoms with Gasteiger partial charge < -0.3 is 5.11 Å². The van der Waals surface area contributed by atoms with Gasteiger partial charge in [0.2, 0.25) is 0 Å². The van der Waals surface area contributed by atoms with E-state index < -0.39 is 0 Å². The summed E-state index contributed by atoms with van der Waals surface area (Å²) in [7, 11) is 0. The Balaban J connectivity index is 2.00. The molecule has 1 N–H and O–H groups in total. The van der Waals surface area contributed by atoms with Gasteiger partial charge in [-0.2, -0.15) is 0 Å². The maximum atomic E-state index is 9.18. The maximum absolute atomic E-state index is 9.18. The van der Waals surface area contributed by atoms with Crippen LogP contribution in [-0.4, -0.2) is 34.2 Å². The SMILES string of the molecule is Cc1ncsc1CN1CCC[C@@H]1CO. The number of aliphatic hydroxyl groups is 1. The second-order valence-corrected chi connectivity index (χ2v) is 4.75. The Morgan fingerprint density at radius 2 is 2.57 bits per heavy atom. The van der Waals surface area contributed by atoms with Crippen molar-refractivity contribution in [1.82, 2.24) is 9.88 Å². The molecule has 0 unspecified atom stereocenters. The average Bonchev–Trinajstić information content (AvgIpc) is 2.77. The smallest absolute Gasteiger partial charge is 0.0798 e. The van der Waals surface area contributed by atoms with Crippen molar-refractivity contribution in [3.05, 3.63) is 16.1 Å². The molecule has 0 saturated carbocycles. The average molecular weight is 212 g/mol. The van der Waals surface area contributed by atoms with Crippen molar-refractivity contribution in [2.24, 2.45) is 0 Å². The minimum atomic E-state index is 0.290. The highest BCUT2D eigenvalue weighted by Gasteiger charge is 2.24. The van der Waals surface area contributed by atoms with E-state index in [1.807, 2.05) is 5.51 Å². The van der Waals surface area contributed by atoms with E-state index in [9.17, 15) is 5.11 Å². The van der Waals surface area contributed by atoms with Crippen LogP contribution in [0.3, 0.4) is 0 Å². The number of thiazole rings is 1. The van der Waals surface area contributed by atoms with E-state index in [2.05, 4.69) is 16.8 Å². The molecule has 1 aromatic heterocycles. The summed E-state index contributed by atoms with van der Waals surface area (Å²) in [6.07, 6.45) is 2.34. The minimum Gasteiger partial charge on any atom is -0.395 e. The number of aliphatic hydroxyl groups excluding tert-OH is 1. The van der Waals surface area contributed by atoms with Crippen LogP contribution in [0.5, 0.6) is 0 Å². The molecule has 1 aliphatic rings. The molecule has 14 heavy (non-hydrogen) atoms. The first-order valence-electron chi connectivity index (χ1n) is 5.05. The van der Waals surface area contributed by atoms with Crippen molar-refractivity contribution in [3.63, 3.8) is 0 Å². The Morgan fingerprint density at radius 3 is 3.21 bits per heavy atom. The number of rotatable bonds is 3. The van der Waals surface area contributed by atoms with Crippen molar-refractivity contribution in [1.29, 1.82) is 0 Å². The second kappa shape index (κ2) is 4.38. The predicted octanol–water partition coefficient (Wildman–Crippen LogP) is 1.41. The molecule has 0 radical (unpaired) electrons. The summed E-state index contributed by atoms with van der Waals surface area (Å²) in [5, 5.41) is 9.18. The molecule has 1 aliphatic heterocycles. The largest absolute Gasteiger partial charge is 0.395 e. The van der Waals surface area contributed by atoms with Crippen LogP contribution in [0.25, 0.3) is 0 Å². The standard InChI is InChI=1S/C10H16N2OS/c1-8-10(14-7-11-8)5-12-4-2-3-9(12)6-13/h7,9,13H,2-6H2,1H3/t9-/m1/s1. The summed E-state index contributed by atoms with van der Waals surface area (Å²) in [5.74, 6) is 0. The van der Waals surface area contributed by atoms with Gasteiger partial charge in [-0.05, 0) is 26.3 Å². The summed E-state index contributed by atoms with van der Waals surface area (Å²) >= 11 is 1.71. The second-order valence-electron chi connectivity index (χ2n) is 3.81. The molecule has 0 bridgehead atoms. The third-order valence-corrected chi connectivity index (χ3v) is 3.82. The molecule has 0 aliphatic carbocycles. The lowest BCUT2D eigenvalue weighted by Crippen LogP contribution is -2.31. The highest BCUT2D eigenvalue weighted by atomic mass is 32.1. The third kappa shape index (κ3) is 1.97. The highest BCUT2D eigenvalue weighted by Crippen LogP contribution is 2.22. The number of aromatic nitrogens is 1. The van der Waals surface area contributed by atoms with Gasteiger partial charge in [-0.3, -0.25) is 4.90 Å². The van der Waals surface area contributed by atoms with Crippen LogP contribution in [0.2, 0.25) is 0 Å². The predicted molar refractivity (Wildman–Crippen MR) is 57.4 cm³/mol.